The maximum Gasteiger partial charge on any atom is 0.408 e. The molecule has 2 aromatic carbocycles. The molecule has 6 nitrogen and oxygen atoms in total. The van der Waals surface area contributed by atoms with E-state index in [1.807, 2.05) is 43.3 Å². The number of aromatic nitrogens is 1. The summed E-state index contributed by atoms with van der Waals surface area (Å²) in [6.07, 6.45) is -0.0626. The van der Waals surface area contributed by atoms with Crippen LogP contribution >= 0.6 is 11.3 Å². The van der Waals surface area contributed by atoms with Gasteiger partial charge in [0.2, 0.25) is 0 Å². The van der Waals surface area contributed by atoms with Crippen LogP contribution in [0.2, 0.25) is 0 Å². The highest BCUT2D eigenvalue weighted by Gasteiger charge is 2.30. The number of rotatable bonds is 6. The normalized spacial score (nSPS) is 13.4. The van der Waals surface area contributed by atoms with Gasteiger partial charge in [-0.15, -0.1) is 11.3 Å². The molecule has 148 valence electrons. The van der Waals surface area contributed by atoms with Gasteiger partial charge in [0.15, 0.2) is 6.04 Å². The van der Waals surface area contributed by atoms with Gasteiger partial charge >= 0.3 is 12.1 Å². The van der Waals surface area contributed by atoms with E-state index in [2.05, 4.69) is 22.4 Å². The molecule has 0 spiro atoms. The van der Waals surface area contributed by atoms with Crippen LogP contribution in [0.4, 0.5) is 4.79 Å². The van der Waals surface area contributed by atoms with Gasteiger partial charge in [0.1, 0.15) is 6.61 Å². The molecule has 3 aromatic rings. The van der Waals surface area contributed by atoms with E-state index in [4.69, 9.17) is 4.74 Å². The number of aryl methyl sites for hydroxylation is 1. The quantitative estimate of drug-likeness (QED) is 0.632. The third-order valence-electron chi connectivity index (χ3n) is 5.02. The van der Waals surface area contributed by atoms with Crippen molar-refractivity contribution in [1.29, 1.82) is 0 Å². The van der Waals surface area contributed by atoms with E-state index >= 15 is 0 Å². The van der Waals surface area contributed by atoms with Crippen LogP contribution in [0.25, 0.3) is 11.1 Å². The Balaban J connectivity index is 1.47. The lowest BCUT2D eigenvalue weighted by Crippen LogP contribution is -2.35. The number of carbonyl (C=O) groups is 2. The number of amides is 1. The zero-order valence-corrected chi connectivity index (χ0v) is 16.6. The molecule has 1 aliphatic carbocycles. The second-order valence-electron chi connectivity index (χ2n) is 6.76. The summed E-state index contributed by atoms with van der Waals surface area (Å²) in [6, 6.07) is 14.8. The number of carbonyl (C=O) groups excluding carboxylic acids is 1. The molecule has 1 heterocycles. The highest BCUT2D eigenvalue weighted by Crippen LogP contribution is 2.44. The molecule has 0 fully saturated rings. The summed E-state index contributed by atoms with van der Waals surface area (Å²) in [5, 5.41) is 14.4. The van der Waals surface area contributed by atoms with Gasteiger partial charge < -0.3 is 15.2 Å². The maximum absolute atomic E-state index is 12.4. The van der Waals surface area contributed by atoms with Crippen molar-refractivity contribution < 1.29 is 19.4 Å². The van der Waals surface area contributed by atoms with Crippen LogP contribution in [0.5, 0.6) is 0 Å². The van der Waals surface area contributed by atoms with E-state index in [0.717, 1.165) is 27.3 Å². The predicted molar refractivity (Wildman–Crippen MR) is 110 cm³/mol. The molecule has 4 rings (SSSR count). The summed E-state index contributed by atoms with van der Waals surface area (Å²) < 4.78 is 5.44. The number of hydrogen-bond acceptors (Lipinski definition) is 5. The molecule has 0 saturated heterocycles. The first-order valence-corrected chi connectivity index (χ1v) is 10.2. The summed E-state index contributed by atoms with van der Waals surface area (Å²) in [5.74, 6) is -1.26. The van der Waals surface area contributed by atoms with Gasteiger partial charge in [-0.05, 0) is 28.7 Å². The predicted octanol–water partition coefficient (Wildman–Crippen LogP) is 4.37. The number of benzene rings is 2. The fraction of sp³-hybridized carbons (Fsp3) is 0.227. The zero-order valence-electron chi connectivity index (χ0n) is 15.8. The number of aliphatic carboxylic acids is 1. The first kappa shape index (κ1) is 19.1. The van der Waals surface area contributed by atoms with Crippen molar-refractivity contribution >= 4 is 23.4 Å². The second kappa shape index (κ2) is 8.05. The average molecular weight is 408 g/mol. The van der Waals surface area contributed by atoms with Crippen molar-refractivity contribution in [3.05, 3.63) is 75.7 Å². The van der Waals surface area contributed by atoms with Crippen LogP contribution in [-0.2, 0) is 16.0 Å². The number of hydrogen-bond donors (Lipinski definition) is 2. The molecule has 7 heteroatoms. The van der Waals surface area contributed by atoms with Crippen molar-refractivity contribution in [3.8, 4) is 11.1 Å². The number of alkyl carbamates (subject to hydrolysis) is 1. The number of fused-ring (bicyclic) bond motifs is 3. The monoisotopic (exact) mass is 408 g/mol. The Kier molecular flexibility index (Phi) is 5.31. The topological polar surface area (TPSA) is 88.5 Å². The second-order valence-corrected chi connectivity index (χ2v) is 7.70. The Morgan fingerprint density at radius 2 is 1.76 bits per heavy atom. The lowest BCUT2D eigenvalue weighted by Gasteiger charge is -2.16. The van der Waals surface area contributed by atoms with Crippen LogP contribution in [0.1, 0.15) is 40.7 Å². The third kappa shape index (κ3) is 3.73. The highest BCUT2D eigenvalue weighted by atomic mass is 32.1. The van der Waals surface area contributed by atoms with E-state index in [0.29, 0.717) is 12.1 Å². The molecule has 0 aliphatic heterocycles. The third-order valence-corrected chi connectivity index (χ3v) is 6.03. The number of thiazole rings is 1. The zero-order chi connectivity index (χ0) is 20.4. The maximum atomic E-state index is 12.4. The Morgan fingerprint density at radius 1 is 1.14 bits per heavy atom. The molecular formula is C22H20N2O4S. The largest absolute Gasteiger partial charge is 0.479 e. The van der Waals surface area contributed by atoms with Crippen LogP contribution < -0.4 is 5.32 Å². The van der Waals surface area contributed by atoms with Crippen molar-refractivity contribution in [1.82, 2.24) is 10.3 Å². The lowest BCUT2D eigenvalue weighted by molar-refractivity contribution is -0.139. The fourth-order valence-corrected chi connectivity index (χ4v) is 4.41. The van der Waals surface area contributed by atoms with E-state index in [-0.39, 0.29) is 12.5 Å². The number of nitrogens with one attached hydrogen (secondary N) is 1. The minimum Gasteiger partial charge on any atom is -0.479 e. The molecule has 2 N–H and O–H groups in total. The van der Waals surface area contributed by atoms with Gasteiger partial charge in [0.25, 0.3) is 0 Å². The van der Waals surface area contributed by atoms with Gasteiger partial charge in [-0.2, -0.15) is 0 Å². The fourth-order valence-electron chi connectivity index (χ4n) is 3.64. The number of carboxylic acid groups (broad SMARTS) is 1. The number of ether oxygens (including phenoxy) is 1. The van der Waals surface area contributed by atoms with Crippen molar-refractivity contribution in [2.24, 2.45) is 0 Å². The minimum atomic E-state index is -1.23. The first-order valence-electron chi connectivity index (χ1n) is 9.37. The average Bonchev–Trinajstić information content (AvgIpc) is 3.33. The van der Waals surface area contributed by atoms with Crippen LogP contribution in [-0.4, -0.2) is 28.8 Å². The van der Waals surface area contributed by atoms with Gasteiger partial charge in [-0.25, -0.2) is 14.6 Å². The van der Waals surface area contributed by atoms with Crippen molar-refractivity contribution in [3.63, 3.8) is 0 Å². The van der Waals surface area contributed by atoms with Crippen LogP contribution in [0, 0.1) is 0 Å². The summed E-state index contributed by atoms with van der Waals surface area (Å²) in [7, 11) is 0. The number of nitrogens with zero attached hydrogens (tertiary/aromatic N) is 1. The van der Waals surface area contributed by atoms with Crippen LogP contribution in [0.3, 0.4) is 0 Å². The molecule has 1 unspecified atom stereocenters. The van der Waals surface area contributed by atoms with Gasteiger partial charge in [0, 0.05) is 11.3 Å². The minimum absolute atomic E-state index is 0.0811. The molecule has 29 heavy (non-hydrogen) atoms. The summed E-state index contributed by atoms with van der Waals surface area (Å²) in [4.78, 5) is 28.3. The molecule has 0 bridgehead atoms. The Labute approximate surface area is 172 Å². The van der Waals surface area contributed by atoms with Crippen molar-refractivity contribution in [2.75, 3.05) is 6.61 Å². The highest BCUT2D eigenvalue weighted by molar-refractivity contribution is 7.09. The lowest BCUT2D eigenvalue weighted by atomic mass is 9.98. The first-order chi connectivity index (χ1) is 14.1. The van der Waals surface area contributed by atoms with Gasteiger partial charge in [-0.3, -0.25) is 0 Å². The Morgan fingerprint density at radius 3 is 2.31 bits per heavy atom. The molecule has 1 aromatic heterocycles. The summed E-state index contributed by atoms with van der Waals surface area (Å²) >= 11 is 1.37. The standard InChI is InChI=1S/C22H20N2O4S/c1-2-19-23-18(12-29-19)20(21(25)26)24-22(27)28-11-17-15-9-5-3-7-13(15)14-8-4-6-10-16(14)17/h3-10,12,17,20H,2,11H2,1H3,(H,24,27)(H,25,26). The molecular weight excluding hydrogens is 388 g/mol. The molecule has 0 radical (unpaired) electrons. The van der Waals surface area contributed by atoms with Gasteiger partial charge in [-0.1, -0.05) is 55.5 Å². The van der Waals surface area contributed by atoms with E-state index in [1.165, 1.54) is 11.3 Å². The van der Waals surface area contributed by atoms with Crippen LogP contribution in [0.15, 0.2) is 53.9 Å². The Bertz CT molecular complexity index is 1020. The van der Waals surface area contributed by atoms with Gasteiger partial charge in [0.05, 0.1) is 10.7 Å². The van der Waals surface area contributed by atoms with E-state index in [1.54, 1.807) is 5.38 Å². The van der Waals surface area contributed by atoms with Crippen molar-refractivity contribution in [2.45, 2.75) is 25.3 Å². The van der Waals surface area contributed by atoms with E-state index in [9.17, 15) is 14.7 Å². The number of carboxylic acids is 1. The van der Waals surface area contributed by atoms with E-state index < -0.39 is 18.1 Å². The smallest absolute Gasteiger partial charge is 0.408 e. The molecule has 1 amide bonds. The Hall–Kier alpha value is -3.19. The molecule has 0 saturated carbocycles. The summed E-state index contributed by atoms with van der Waals surface area (Å²) in [6.45, 7) is 2.07. The SMILES string of the molecule is CCc1nc(C(NC(=O)OCC2c3ccccc3-c3ccccc32)C(=O)O)cs1. The molecule has 1 aliphatic rings. The molecule has 1 atom stereocenters. The summed E-state index contributed by atoms with van der Waals surface area (Å²) in [5.41, 5.74) is 4.78.